The smallest absolute Gasteiger partial charge is 0.119 e. The van der Waals surface area contributed by atoms with E-state index >= 15 is 0 Å². The highest BCUT2D eigenvalue weighted by Crippen LogP contribution is 2.47. The molecule has 22 heavy (non-hydrogen) atoms. The SMILES string of the molecule is CC(C)=CCC[C@H](C)[C@@H]1C[C@H](O)[C@@H](C)c2c(O)cc(C)cc21. The van der Waals surface area contributed by atoms with Gasteiger partial charge in [-0.25, -0.2) is 0 Å². The minimum atomic E-state index is -0.364. The fourth-order valence-electron chi connectivity index (χ4n) is 3.77. The summed E-state index contributed by atoms with van der Waals surface area (Å²) in [6.07, 6.45) is 4.92. The van der Waals surface area contributed by atoms with Crippen molar-refractivity contribution in [1.29, 1.82) is 0 Å². The Hall–Kier alpha value is -1.28. The van der Waals surface area contributed by atoms with Crippen molar-refractivity contribution in [3.8, 4) is 5.75 Å². The Balaban J connectivity index is 2.30. The molecule has 1 aromatic carbocycles. The van der Waals surface area contributed by atoms with Gasteiger partial charge in [-0.15, -0.1) is 0 Å². The third kappa shape index (κ3) is 3.55. The first-order valence-electron chi connectivity index (χ1n) is 8.46. The van der Waals surface area contributed by atoms with Gasteiger partial charge in [0.25, 0.3) is 0 Å². The first-order valence-corrected chi connectivity index (χ1v) is 8.46. The van der Waals surface area contributed by atoms with E-state index in [1.54, 1.807) is 0 Å². The van der Waals surface area contributed by atoms with Gasteiger partial charge in [-0.2, -0.15) is 0 Å². The lowest BCUT2D eigenvalue weighted by molar-refractivity contribution is 0.109. The minimum Gasteiger partial charge on any atom is -0.508 e. The Morgan fingerprint density at radius 1 is 1.36 bits per heavy atom. The van der Waals surface area contributed by atoms with Gasteiger partial charge in [-0.3, -0.25) is 0 Å². The van der Waals surface area contributed by atoms with Crippen molar-refractivity contribution in [3.05, 3.63) is 40.5 Å². The first-order chi connectivity index (χ1) is 10.3. The molecule has 0 saturated carbocycles. The Morgan fingerprint density at radius 3 is 2.68 bits per heavy atom. The maximum Gasteiger partial charge on any atom is 0.119 e. The molecule has 0 unspecified atom stereocenters. The van der Waals surface area contributed by atoms with Crippen molar-refractivity contribution >= 4 is 0 Å². The largest absolute Gasteiger partial charge is 0.508 e. The zero-order valence-electron chi connectivity index (χ0n) is 14.6. The fourth-order valence-corrected chi connectivity index (χ4v) is 3.77. The van der Waals surface area contributed by atoms with Crippen molar-refractivity contribution in [2.24, 2.45) is 5.92 Å². The van der Waals surface area contributed by atoms with Gasteiger partial charge in [-0.05, 0) is 69.1 Å². The van der Waals surface area contributed by atoms with Crippen LogP contribution in [0.4, 0.5) is 0 Å². The molecular formula is C20H30O2. The minimum absolute atomic E-state index is 0.0110. The number of aromatic hydroxyl groups is 1. The molecule has 0 spiro atoms. The monoisotopic (exact) mass is 302 g/mol. The third-order valence-electron chi connectivity index (χ3n) is 5.12. The predicted octanol–water partition coefficient (Wildman–Crippen LogP) is 5.03. The maximum absolute atomic E-state index is 10.4. The summed E-state index contributed by atoms with van der Waals surface area (Å²) in [5.41, 5.74) is 4.67. The fraction of sp³-hybridized carbons (Fsp3) is 0.600. The zero-order chi connectivity index (χ0) is 16.4. The number of aryl methyl sites for hydroxylation is 1. The summed E-state index contributed by atoms with van der Waals surface area (Å²) in [5, 5.41) is 20.8. The number of hydrogen-bond acceptors (Lipinski definition) is 2. The van der Waals surface area contributed by atoms with E-state index in [1.165, 1.54) is 11.1 Å². The normalized spacial score (nSPS) is 25.5. The lowest BCUT2D eigenvalue weighted by Gasteiger charge is -2.37. The van der Waals surface area contributed by atoms with Crippen LogP contribution in [0.5, 0.6) is 5.75 Å². The highest BCUT2D eigenvalue weighted by atomic mass is 16.3. The number of phenolic OH excluding ortho intramolecular Hbond substituents is 1. The van der Waals surface area contributed by atoms with Gasteiger partial charge in [0.15, 0.2) is 0 Å². The molecule has 122 valence electrons. The molecule has 0 aliphatic heterocycles. The molecule has 2 N–H and O–H groups in total. The van der Waals surface area contributed by atoms with Gasteiger partial charge in [0, 0.05) is 11.5 Å². The number of fused-ring (bicyclic) bond motifs is 1. The van der Waals surface area contributed by atoms with Crippen LogP contribution in [0.2, 0.25) is 0 Å². The molecule has 1 aliphatic rings. The Kier molecular flexibility index (Phi) is 5.33. The summed E-state index contributed by atoms with van der Waals surface area (Å²) in [7, 11) is 0. The van der Waals surface area contributed by atoms with E-state index in [9.17, 15) is 10.2 Å². The molecule has 0 fully saturated rings. The second-order valence-corrected chi connectivity index (χ2v) is 7.32. The van der Waals surface area contributed by atoms with Crippen LogP contribution < -0.4 is 0 Å². The van der Waals surface area contributed by atoms with Crippen LogP contribution in [0.3, 0.4) is 0 Å². The maximum atomic E-state index is 10.4. The van der Waals surface area contributed by atoms with Crippen LogP contribution in [0.25, 0.3) is 0 Å². The van der Waals surface area contributed by atoms with Crippen LogP contribution in [0.1, 0.15) is 75.5 Å². The molecule has 0 amide bonds. The van der Waals surface area contributed by atoms with E-state index in [0.29, 0.717) is 17.6 Å². The molecule has 2 rings (SSSR count). The van der Waals surface area contributed by atoms with Gasteiger partial charge in [0.2, 0.25) is 0 Å². The van der Waals surface area contributed by atoms with E-state index in [-0.39, 0.29) is 12.0 Å². The molecule has 0 bridgehead atoms. The van der Waals surface area contributed by atoms with E-state index in [0.717, 1.165) is 30.4 Å². The Labute approximate surface area is 134 Å². The molecule has 0 aromatic heterocycles. The quantitative estimate of drug-likeness (QED) is 0.765. The molecular weight excluding hydrogens is 272 g/mol. The van der Waals surface area contributed by atoms with E-state index in [1.807, 2.05) is 19.9 Å². The van der Waals surface area contributed by atoms with Gasteiger partial charge >= 0.3 is 0 Å². The summed E-state index contributed by atoms with van der Waals surface area (Å²) >= 11 is 0. The molecule has 0 saturated heterocycles. The van der Waals surface area contributed by atoms with Crippen molar-refractivity contribution < 1.29 is 10.2 Å². The average Bonchev–Trinajstić information content (AvgIpc) is 2.41. The number of aliphatic hydroxyl groups is 1. The average molecular weight is 302 g/mol. The number of hydrogen-bond donors (Lipinski definition) is 2. The predicted molar refractivity (Wildman–Crippen MR) is 92.5 cm³/mol. The standard InChI is InChI=1S/C20H30O2/c1-12(2)7-6-8-14(4)16-11-18(21)15(5)20-17(16)9-13(3)10-19(20)22/h7,9-10,14-16,18,21-22H,6,8,11H2,1-5H3/t14-,15+,16-,18-/m0/s1. The summed E-state index contributed by atoms with van der Waals surface area (Å²) in [6, 6.07) is 4.03. The van der Waals surface area contributed by atoms with Gasteiger partial charge in [-0.1, -0.05) is 31.6 Å². The number of aliphatic hydroxyl groups excluding tert-OH is 1. The Bertz CT molecular complexity index is 555. The second-order valence-electron chi connectivity index (χ2n) is 7.32. The van der Waals surface area contributed by atoms with Gasteiger partial charge < -0.3 is 10.2 Å². The molecule has 1 aromatic rings. The van der Waals surface area contributed by atoms with Crippen LogP contribution in [-0.4, -0.2) is 16.3 Å². The van der Waals surface area contributed by atoms with E-state index < -0.39 is 0 Å². The summed E-state index contributed by atoms with van der Waals surface area (Å²) in [5.74, 6) is 1.19. The molecule has 1 aliphatic carbocycles. The molecule has 0 radical (unpaired) electrons. The third-order valence-corrected chi connectivity index (χ3v) is 5.12. The van der Waals surface area contributed by atoms with Crippen molar-refractivity contribution in [2.75, 3.05) is 0 Å². The lowest BCUT2D eigenvalue weighted by Crippen LogP contribution is -2.29. The molecule has 2 nitrogen and oxygen atoms in total. The topological polar surface area (TPSA) is 40.5 Å². The van der Waals surface area contributed by atoms with Crippen molar-refractivity contribution in [1.82, 2.24) is 0 Å². The van der Waals surface area contributed by atoms with E-state index in [2.05, 4.69) is 32.9 Å². The van der Waals surface area contributed by atoms with E-state index in [4.69, 9.17) is 0 Å². The first kappa shape index (κ1) is 17.1. The summed E-state index contributed by atoms with van der Waals surface area (Å²) in [6.45, 7) is 10.6. The van der Waals surface area contributed by atoms with Crippen LogP contribution in [-0.2, 0) is 0 Å². The van der Waals surface area contributed by atoms with Crippen molar-refractivity contribution in [2.45, 2.75) is 71.8 Å². The summed E-state index contributed by atoms with van der Waals surface area (Å²) < 4.78 is 0. The molecule has 2 heteroatoms. The molecule has 0 heterocycles. The van der Waals surface area contributed by atoms with Gasteiger partial charge in [0.1, 0.15) is 5.75 Å². The number of rotatable bonds is 4. The zero-order valence-corrected chi connectivity index (χ0v) is 14.6. The molecule has 4 atom stereocenters. The number of phenols is 1. The van der Waals surface area contributed by atoms with Crippen LogP contribution in [0.15, 0.2) is 23.8 Å². The lowest BCUT2D eigenvalue weighted by atomic mass is 9.69. The summed E-state index contributed by atoms with van der Waals surface area (Å²) in [4.78, 5) is 0. The Morgan fingerprint density at radius 2 is 2.05 bits per heavy atom. The second kappa shape index (κ2) is 6.87. The van der Waals surface area contributed by atoms with Crippen molar-refractivity contribution in [3.63, 3.8) is 0 Å². The number of benzene rings is 1. The van der Waals surface area contributed by atoms with Crippen LogP contribution >= 0.6 is 0 Å². The number of allylic oxidation sites excluding steroid dienone is 2. The highest BCUT2D eigenvalue weighted by Gasteiger charge is 2.35. The van der Waals surface area contributed by atoms with Crippen LogP contribution in [0, 0.1) is 12.8 Å². The highest BCUT2D eigenvalue weighted by molar-refractivity contribution is 5.48. The van der Waals surface area contributed by atoms with Gasteiger partial charge in [0.05, 0.1) is 6.10 Å².